The van der Waals surface area contributed by atoms with Gasteiger partial charge in [0.25, 0.3) is 0 Å². The predicted octanol–water partition coefficient (Wildman–Crippen LogP) is 3.29. The molecule has 118 valence electrons. The van der Waals surface area contributed by atoms with Crippen LogP contribution in [-0.2, 0) is 6.54 Å². The van der Waals surface area contributed by atoms with Crippen LogP contribution in [0.3, 0.4) is 0 Å². The van der Waals surface area contributed by atoms with Gasteiger partial charge < -0.3 is 10.2 Å². The summed E-state index contributed by atoms with van der Waals surface area (Å²) in [6, 6.07) is 0. The number of likely N-dealkylation sites (tertiary alicyclic amines) is 1. The van der Waals surface area contributed by atoms with Crippen LogP contribution in [0.4, 0.5) is 0 Å². The Morgan fingerprint density at radius 3 is 2.86 bits per heavy atom. The number of hydrogen-bond acceptors (Lipinski definition) is 3. The van der Waals surface area contributed by atoms with Gasteiger partial charge in [-0.15, -0.1) is 11.3 Å². The molecule has 0 saturated carbocycles. The summed E-state index contributed by atoms with van der Waals surface area (Å²) in [6.07, 6.45) is 5.84. The van der Waals surface area contributed by atoms with E-state index in [1.807, 2.05) is 20.2 Å². The normalized spacial score (nSPS) is 19.6. The fourth-order valence-electron chi connectivity index (χ4n) is 3.31. The molecule has 1 saturated heterocycles. The van der Waals surface area contributed by atoms with E-state index in [1.165, 1.54) is 24.1 Å². The molecule has 0 spiro atoms. The van der Waals surface area contributed by atoms with Crippen LogP contribution in [0.1, 0.15) is 43.0 Å². The molecule has 0 bridgehead atoms. The molecule has 0 amide bonds. The molecular formula is C16H28N4S. The van der Waals surface area contributed by atoms with E-state index in [-0.39, 0.29) is 0 Å². The van der Waals surface area contributed by atoms with Crippen molar-refractivity contribution in [3.05, 3.63) is 16.1 Å². The predicted molar refractivity (Wildman–Crippen MR) is 90.8 cm³/mol. The number of aliphatic imine (C=N–C) groups is 1. The molecule has 0 radical (unpaired) electrons. The standard InChI is InChI=1S/C16H28N4S/c1-5-13(6-2)14-7-8-20(11-14)16(17-4)19-10-15-9-18-12(3)21-15/h9,13-14H,5-8,10-11H2,1-4H3,(H,17,19). The van der Waals surface area contributed by atoms with Crippen molar-refractivity contribution < 1.29 is 0 Å². The van der Waals surface area contributed by atoms with E-state index in [2.05, 4.69) is 34.0 Å². The molecule has 21 heavy (non-hydrogen) atoms. The molecule has 0 aromatic carbocycles. The fraction of sp³-hybridized carbons (Fsp3) is 0.750. The monoisotopic (exact) mass is 308 g/mol. The van der Waals surface area contributed by atoms with Crippen LogP contribution in [0.15, 0.2) is 11.2 Å². The third-order valence-electron chi connectivity index (χ3n) is 4.54. The van der Waals surface area contributed by atoms with Crippen LogP contribution in [-0.4, -0.2) is 36.0 Å². The molecule has 0 aliphatic carbocycles. The average Bonchev–Trinajstić information content (AvgIpc) is 3.11. The molecule has 1 atom stereocenters. The minimum absolute atomic E-state index is 0.823. The summed E-state index contributed by atoms with van der Waals surface area (Å²) in [6.45, 7) is 9.77. The number of aromatic nitrogens is 1. The van der Waals surface area contributed by atoms with E-state index in [4.69, 9.17) is 0 Å². The first-order chi connectivity index (χ1) is 10.2. The van der Waals surface area contributed by atoms with Gasteiger partial charge in [-0.1, -0.05) is 26.7 Å². The molecule has 4 nitrogen and oxygen atoms in total. The van der Waals surface area contributed by atoms with Gasteiger partial charge in [0.05, 0.1) is 11.6 Å². The average molecular weight is 308 g/mol. The van der Waals surface area contributed by atoms with Gasteiger partial charge in [0, 0.05) is 31.2 Å². The topological polar surface area (TPSA) is 40.5 Å². The number of hydrogen-bond donors (Lipinski definition) is 1. The Morgan fingerprint density at radius 2 is 2.29 bits per heavy atom. The number of guanidine groups is 1. The van der Waals surface area contributed by atoms with Crippen molar-refractivity contribution in [2.24, 2.45) is 16.8 Å². The molecule has 1 aromatic heterocycles. The Bertz CT molecular complexity index is 465. The molecule has 1 aromatic rings. The first kappa shape index (κ1) is 16.3. The molecule has 2 heterocycles. The fourth-order valence-corrected chi connectivity index (χ4v) is 4.04. The molecule has 1 fully saturated rings. The molecular weight excluding hydrogens is 280 g/mol. The lowest BCUT2D eigenvalue weighted by Crippen LogP contribution is -2.39. The summed E-state index contributed by atoms with van der Waals surface area (Å²) in [4.78, 5) is 12.4. The van der Waals surface area contributed by atoms with Crippen molar-refractivity contribution in [2.45, 2.75) is 46.6 Å². The van der Waals surface area contributed by atoms with E-state index in [0.717, 1.165) is 42.4 Å². The second-order valence-corrected chi connectivity index (χ2v) is 7.14. The van der Waals surface area contributed by atoms with Gasteiger partial charge in [0.15, 0.2) is 5.96 Å². The van der Waals surface area contributed by atoms with Crippen LogP contribution in [0.2, 0.25) is 0 Å². The Morgan fingerprint density at radius 1 is 1.52 bits per heavy atom. The number of nitrogens with one attached hydrogen (secondary N) is 1. The van der Waals surface area contributed by atoms with Gasteiger partial charge in [0.1, 0.15) is 0 Å². The Balaban J connectivity index is 1.87. The smallest absolute Gasteiger partial charge is 0.193 e. The zero-order valence-electron chi connectivity index (χ0n) is 13.7. The largest absolute Gasteiger partial charge is 0.351 e. The zero-order chi connectivity index (χ0) is 15.2. The Kier molecular flexibility index (Phi) is 6.03. The lowest BCUT2D eigenvalue weighted by molar-refractivity contribution is 0.319. The third kappa shape index (κ3) is 4.19. The summed E-state index contributed by atoms with van der Waals surface area (Å²) >= 11 is 1.75. The second-order valence-electron chi connectivity index (χ2n) is 5.82. The van der Waals surface area contributed by atoms with Crippen molar-refractivity contribution in [2.75, 3.05) is 20.1 Å². The Labute approximate surface area is 132 Å². The van der Waals surface area contributed by atoms with Crippen LogP contribution >= 0.6 is 11.3 Å². The first-order valence-corrected chi connectivity index (χ1v) is 8.86. The third-order valence-corrected chi connectivity index (χ3v) is 5.45. The highest BCUT2D eigenvalue weighted by Crippen LogP contribution is 2.28. The minimum atomic E-state index is 0.823. The summed E-state index contributed by atoms with van der Waals surface area (Å²) in [5.41, 5.74) is 0. The number of nitrogens with zero attached hydrogens (tertiary/aromatic N) is 3. The van der Waals surface area contributed by atoms with Gasteiger partial charge in [-0.3, -0.25) is 4.99 Å². The van der Waals surface area contributed by atoms with Gasteiger partial charge in [-0.05, 0) is 25.2 Å². The highest BCUT2D eigenvalue weighted by Gasteiger charge is 2.29. The molecule has 1 N–H and O–H groups in total. The number of rotatable bonds is 5. The summed E-state index contributed by atoms with van der Waals surface area (Å²) in [5.74, 6) is 2.72. The maximum absolute atomic E-state index is 4.45. The SMILES string of the molecule is CCC(CC)C1CCN(C(=NC)NCc2cnc(C)s2)C1. The summed E-state index contributed by atoms with van der Waals surface area (Å²) < 4.78 is 0. The van der Waals surface area contributed by atoms with Crippen molar-refractivity contribution in [3.63, 3.8) is 0 Å². The molecule has 2 rings (SSSR count). The number of thiazole rings is 1. The van der Waals surface area contributed by atoms with E-state index >= 15 is 0 Å². The molecule has 1 aliphatic heterocycles. The lowest BCUT2D eigenvalue weighted by atomic mass is 9.87. The van der Waals surface area contributed by atoms with Crippen LogP contribution in [0, 0.1) is 18.8 Å². The highest BCUT2D eigenvalue weighted by molar-refractivity contribution is 7.11. The van der Waals surface area contributed by atoms with Gasteiger partial charge in [-0.2, -0.15) is 0 Å². The van der Waals surface area contributed by atoms with E-state index in [1.54, 1.807) is 11.3 Å². The highest BCUT2D eigenvalue weighted by atomic mass is 32.1. The van der Waals surface area contributed by atoms with Crippen molar-refractivity contribution >= 4 is 17.3 Å². The Hall–Kier alpha value is -1.10. The summed E-state index contributed by atoms with van der Waals surface area (Å²) in [7, 11) is 1.88. The van der Waals surface area contributed by atoms with Gasteiger partial charge >= 0.3 is 0 Å². The summed E-state index contributed by atoms with van der Waals surface area (Å²) in [5, 5.41) is 4.60. The maximum Gasteiger partial charge on any atom is 0.193 e. The molecule has 1 unspecified atom stereocenters. The van der Waals surface area contributed by atoms with Crippen molar-refractivity contribution in [1.82, 2.24) is 15.2 Å². The van der Waals surface area contributed by atoms with Gasteiger partial charge in [-0.25, -0.2) is 4.98 Å². The quantitative estimate of drug-likeness (QED) is 0.670. The van der Waals surface area contributed by atoms with E-state index in [0.29, 0.717) is 0 Å². The molecule has 1 aliphatic rings. The lowest BCUT2D eigenvalue weighted by Gasteiger charge is -2.24. The first-order valence-electron chi connectivity index (χ1n) is 8.04. The van der Waals surface area contributed by atoms with Crippen LogP contribution in [0.25, 0.3) is 0 Å². The van der Waals surface area contributed by atoms with Crippen molar-refractivity contribution in [1.29, 1.82) is 0 Å². The second kappa shape index (κ2) is 7.78. The van der Waals surface area contributed by atoms with Crippen LogP contribution in [0.5, 0.6) is 0 Å². The van der Waals surface area contributed by atoms with E-state index < -0.39 is 0 Å². The number of aryl methyl sites for hydroxylation is 1. The van der Waals surface area contributed by atoms with Crippen molar-refractivity contribution in [3.8, 4) is 0 Å². The van der Waals surface area contributed by atoms with E-state index in [9.17, 15) is 0 Å². The molecule has 5 heteroatoms. The minimum Gasteiger partial charge on any atom is -0.351 e. The zero-order valence-corrected chi connectivity index (χ0v) is 14.5. The van der Waals surface area contributed by atoms with Gasteiger partial charge in [0.2, 0.25) is 0 Å². The maximum atomic E-state index is 4.45. The van der Waals surface area contributed by atoms with Crippen LogP contribution < -0.4 is 5.32 Å².